The van der Waals surface area contributed by atoms with Crippen LogP contribution in [-0.4, -0.2) is 41.4 Å². The lowest BCUT2D eigenvalue weighted by molar-refractivity contribution is -0.123. The second-order valence-corrected chi connectivity index (χ2v) is 7.06. The molecule has 2 aliphatic rings. The summed E-state index contributed by atoms with van der Waals surface area (Å²) in [6.45, 7) is -0.252. The number of imide groups is 1. The summed E-state index contributed by atoms with van der Waals surface area (Å²) in [6.07, 6.45) is 0. The zero-order chi connectivity index (χ0) is 19.8. The molecule has 10 heteroatoms. The van der Waals surface area contributed by atoms with Crippen LogP contribution in [0.4, 0.5) is 11.4 Å². The molecule has 8 nitrogen and oxygen atoms in total. The lowest BCUT2D eigenvalue weighted by Crippen LogP contribution is -2.43. The average molecular weight is 418 g/mol. The lowest BCUT2D eigenvalue weighted by Gasteiger charge is -2.20. The third-order valence-corrected chi connectivity index (χ3v) is 4.94. The minimum absolute atomic E-state index is 0.252. The molecule has 1 fully saturated rings. The van der Waals surface area contributed by atoms with Crippen LogP contribution < -0.4 is 10.2 Å². The second-order valence-electron chi connectivity index (χ2n) is 6.21. The van der Waals surface area contributed by atoms with E-state index in [0.29, 0.717) is 21.4 Å². The van der Waals surface area contributed by atoms with Crippen molar-refractivity contribution in [3.63, 3.8) is 0 Å². The molecule has 0 aromatic heterocycles. The molecular formula is C18H13Cl2N5O3. The molecule has 2 atom stereocenters. The van der Waals surface area contributed by atoms with Crippen LogP contribution in [0.15, 0.2) is 58.9 Å². The van der Waals surface area contributed by atoms with E-state index in [9.17, 15) is 14.4 Å². The number of fused-ring (bicyclic) bond motifs is 1. The molecule has 4 rings (SSSR count). The fourth-order valence-electron chi connectivity index (χ4n) is 3.12. The van der Waals surface area contributed by atoms with Crippen molar-refractivity contribution in [3.8, 4) is 0 Å². The quantitative estimate of drug-likeness (QED) is 0.773. The Morgan fingerprint density at radius 3 is 2.61 bits per heavy atom. The van der Waals surface area contributed by atoms with Crippen molar-refractivity contribution in [1.82, 2.24) is 5.01 Å². The fraction of sp³-hybridized carbons (Fsp3) is 0.167. The highest BCUT2D eigenvalue weighted by Crippen LogP contribution is 2.32. The number of rotatable bonds is 4. The first-order valence-electron chi connectivity index (χ1n) is 8.31. The van der Waals surface area contributed by atoms with Gasteiger partial charge in [0.15, 0.2) is 12.1 Å². The van der Waals surface area contributed by atoms with Crippen LogP contribution in [0, 0.1) is 0 Å². The van der Waals surface area contributed by atoms with E-state index in [1.165, 1.54) is 11.1 Å². The van der Waals surface area contributed by atoms with Gasteiger partial charge >= 0.3 is 0 Å². The van der Waals surface area contributed by atoms with Crippen molar-refractivity contribution >= 4 is 52.3 Å². The maximum Gasteiger partial charge on any atom is 0.263 e. The number of carbonyl (C=O) groups is 3. The van der Waals surface area contributed by atoms with E-state index in [1.807, 2.05) is 0 Å². The van der Waals surface area contributed by atoms with Crippen LogP contribution in [0.5, 0.6) is 0 Å². The monoisotopic (exact) mass is 417 g/mol. The molecule has 0 spiro atoms. The summed E-state index contributed by atoms with van der Waals surface area (Å²) in [7, 11) is 0. The number of hydrogen-bond acceptors (Lipinski definition) is 6. The number of nitrogens with one attached hydrogen (secondary N) is 1. The Labute approximate surface area is 169 Å². The maximum absolute atomic E-state index is 12.9. The number of anilines is 2. The van der Waals surface area contributed by atoms with Crippen LogP contribution in [0.3, 0.4) is 0 Å². The lowest BCUT2D eigenvalue weighted by atomic mass is 10.1. The Morgan fingerprint density at radius 1 is 1.07 bits per heavy atom. The highest BCUT2D eigenvalue weighted by molar-refractivity contribution is 6.33. The summed E-state index contributed by atoms with van der Waals surface area (Å²) < 4.78 is 0. The largest absolute Gasteiger partial charge is 0.323 e. The SMILES string of the molecule is O=C(CN1N=NC2C(=O)N(c3cccc(Cl)c3)C(=O)C21)Nc1ccccc1Cl. The first-order valence-corrected chi connectivity index (χ1v) is 9.06. The van der Waals surface area contributed by atoms with Crippen molar-refractivity contribution in [2.75, 3.05) is 16.8 Å². The summed E-state index contributed by atoms with van der Waals surface area (Å²) in [5.74, 6) is -1.45. The molecule has 2 heterocycles. The van der Waals surface area contributed by atoms with Crippen LogP contribution in [0.2, 0.25) is 10.0 Å². The summed E-state index contributed by atoms with van der Waals surface area (Å²) in [5, 5.41) is 12.4. The third-order valence-electron chi connectivity index (χ3n) is 4.38. The molecule has 0 radical (unpaired) electrons. The summed E-state index contributed by atoms with van der Waals surface area (Å²) in [6, 6.07) is 11.2. The third kappa shape index (κ3) is 3.21. The molecule has 3 amide bonds. The van der Waals surface area contributed by atoms with Crippen LogP contribution >= 0.6 is 23.2 Å². The molecule has 1 N–H and O–H groups in total. The number of benzene rings is 2. The molecule has 0 saturated carbocycles. The number of halogens is 2. The van der Waals surface area contributed by atoms with E-state index < -0.39 is 29.8 Å². The van der Waals surface area contributed by atoms with Crippen molar-refractivity contribution in [2.24, 2.45) is 10.3 Å². The van der Waals surface area contributed by atoms with Gasteiger partial charge in [0.1, 0.15) is 6.54 Å². The van der Waals surface area contributed by atoms with Crippen LogP contribution in [0.1, 0.15) is 0 Å². The molecule has 2 aromatic rings. The predicted octanol–water partition coefficient (Wildman–Crippen LogP) is 2.93. The van der Waals surface area contributed by atoms with Gasteiger partial charge in [-0.3, -0.25) is 19.4 Å². The van der Waals surface area contributed by atoms with Gasteiger partial charge in [-0.25, -0.2) is 4.90 Å². The van der Waals surface area contributed by atoms with Crippen molar-refractivity contribution in [1.29, 1.82) is 0 Å². The van der Waals surface area contributed by atoms with Crippen molar-refractivity contribution in [2.45, 2.75) is 12.1 Å². The molecule has 2 unspecified atom stereocenters. The Hall–Kier alpha value is -2.97. The van der Waals surface area contributed by atoms with Gasteiger partial charge in [-0.2, -0.15) is 5.11 Å². The van der Waals surface area contributed by atoms with E-state index in [-0.39, 0.29) is 6.54 Å². The number of para-hydroxylation sites is 1. The van der Waals surface area contributed by atoms with Gasteiger partial charge in [0.05, 0.1) is 16.4 Å². The van der Waals surface area contributed by atoms with Gasteiger partial charge in [-0.1, -0.05) is 46.6 Å². The van der Waals surface area contributed by atoms with Crippen molar-refractivity contribution in [3.05, 3.63) is 58.6 Å². The van der Waals surface area contributed by atoms with Gasteiger partial charge in [0, 0.05) is 5.02 Å². The van der Waals surface area contributed by atoms with E-state index >= 15 is 0 Å². The van der Waals surface area contributed by atoms with Crippen LogP contribution in [-0.2, 0) is 14.4 Å². The normalized spacial score (nSPS) is 20.6. The minimum atomic E-state index is -0.986. The number of amides is 3. The Balaban J connectivity index is 1.50. The summed E-state index contributed by atoms with van der Waals surface area (Å²) in [5.41, 5.74) is 0.795. The Bertz CT molecular complexity index is 1010. The zero-order valence-electron chi connectivity index (χ0n) is 14.3. The Morgan fingerprint density at radius 2 is 1.86 bits per heavy atom. The highest BCUT2D eigenvalue weighted by Gasteiger charge is 2.55. The van der Waals surface area contributed by atoms with Gasteiger partial charge < -0.3 is 5.32 Å². The zero-order valence-corrected chi connectivity index (χ0v) is 15.8. The first kappa shape index (κ1) is 18.4. The van der Waals surface area contributed by atoms with Gasteiger partial charge in [0.25, 0.3) is 11.8 Å². The average Bonchev–Trinajstić information content (AvgIpc) is 3.17. The molecule has 2 aliphatic heterocycles. The molecular weight excluding hydrogens is 405 g/mol. The summed E-state index contributed by atoms with van der Waals surface area (Å²) >= 11 is 12.0. The standard InChI is InChI=1S/C18H13Cl2N5O3/c19-10-4-3-5-11(8-10)25-17(27)15-16(18(25)28)24(23-22-15)9-14(26)21-13-7-2-1-6-12(13)20/h1-8,15-16H,9H2,(H,21,26). The number of carbonyl (C=O) groups excluding carboxylic acids is 3. The first-order chi connectivity index (χ1) is 13.5. The fourth-order valence-corrected chi connectivity index (χ4v) is 3.49. The van der Waals surface area contributed by atoms with Crippen LogP contribution in [0.25, 0.3) is 0 Å². The van der Waals surface area contributed by atoms with E-state index in [4.69, 9.17) is 23.2 Å². The molecule has 1 saturated heterocycles. The van der Waals surface area contributed by atoms with E-state index in [1.54, 1.807) is 42.5 Å². The molecule has 0 bridgehead atoms. The smallest absolute Gasteiger partial charge is 0.263 e. The maximum atomic E-state index is 12.9. The molecule has 28 heavy (non-hydrogen) atoms. The van der Waals surface area contributed by atoms with Gasteiger partial charge in [-0.15, -0.1) is 0 Å². The predicted molar refractivity (Wildman–Crippen MR) is 103 cm³/mol. The highest BCUT2D eigenvalue weighted by atomic mass is 35.5. The number of nitrogens with zero attached hydrogens (tertiary/aromatic N) is 4. The van der Waals surface area contributed by atoms with E-state index in [0.717, 1.165) is 4.90 Å². The van der Waals surface area contributed by atoms with Gasteiger partial charge in [0.2, 0.25) is 5.91 Å². The van der Waals surface area contributed by atoms with E-state index in [2.05, 4.69) is 15.7 Å². The van der Waals surface area contributed by atoms with Crippen molar-refractivity contribution < 1.29 is 14.4 Å². The molecule has 2 aromatic carbocycles. The second kappa shape index (κ2) is 7.21. The van der Waals surface area contributed by atoms with Gasteiger partial charge in [-0.05, 0) is 30.3 Å². The minimum Gasteiger partial charge on any atom is -0.323 e. The number of hydrogen-bond donors (Lipinski definition) is 1. The topological polar surface area (TPSA) is 94.4 Å². The summed E-state index contributed by atoms with van der Waals surface area (Å²) in [4.78, 5) is 38.9. The Kier molecular flexibility index (Phi) is 4.74. The molecule has 0 aliphatic carbocycles. The molecule has 142 valence electrons.